The minimum atomic E-state index is -1.09. The van der Waals surface area contributed by atoms with Gasteiger partial charge in [-0.05, 0) is 12.5 Å². The first kappa shape index (κ1) is 13.4. The molecule has 0 aliphatic heterocycles. The van der Waals surface area contributed by atoms with Gasteiger partial charge in [0, 0.05) is 17.3 Å². The zero-order valence-corrected chi connectivity index (χ0v) is 10.9. The number of hydrogen-bond acceptors (Lipinski definition) is 3. The van der Waals surface area contributed by atoms with E-state index in [-0.39, 0.29) is 0 Å². The molecule has 2 heterocycles. The van der Waals surface area contributed by atoms with Crippen LogP contribution in [0.2, 0.25) is 5.02 Å². The van der Waals surface area contributed by atoms with Gasteiger partial charge in [-0.1, -0.05) is 18.5 Å². The summed E-state index contributed by atoms with van der Waals surface area (Å²) in [5.74, 6) is -1.56. The third-order valence-electron chi connectivity index (χ3n) is 2.61. The number of aromatic nitrogens is 2. The second-order valence-electron chi connectivity index (χ2n) is 3.91. The molecule has 100 valence electrons. The van der Waals surface area contributed by atoms with E-state index >= 15 is 0 Å². The number of imidazole rings is 1. The lowest BCUT2D eigenvalue weighted by Gasteiger charge is -2.04. The fourth-order valence-corrected chi connectivity index (χ4v) is 1.95. The number of fused-ring (bicyclic) bond motifs is 1. The van der Waals surface area contributed by atoms with Gasteiger partial charge in [0.25, 0.3) is 5.91 Å². The van der Waals surface area contributed by atoms with Crippen molar-refractivity contribution in [2.45, 2.75) is 13.3 Å². The lowest BCUT2D eigenvalue weighted by atomic mass is 10.2. The smallest absolute Gasteiger partial charge is 0.322 e. The van der Waals surface area contributed by atoms with Gasteiger partial charge in [-0.25, -0.2) is 4.98 Å². The van der Waals surface area contributed by atoms with E-state index in [0.717, 1.165) is 0 Å². The van der Waals surface area contributed by atoms with E-state index in [9.17, 15) is 9.59 Å². The number of aryl methyl sites for hydroxylation is 1. The first-order valence-corrected chi connectivity index (χ1v) is 6.07. The molecule has 2 rings (SSSR count). The first-order valence-electron chi connectivity index (χ1n) is 5.69. The van der Waals surface area contributed by atoms with Crippen LogP contribution in [-0.2, 0) is 11.2 Å². The summed E-state index contributed by atoms with van der Waals surface area (Å²) in [4.78, 5) is 26.8. The standard InChI is InChI=1S/C12H12ClN3O3/c1-2-8-11(12(19)14-6-10(17)18)16-4-3-7(13)5-9(16)15-8/h3-5H,2,6H2,1H3,(H,14,19)(H,17,18). The van der Waals surface area contributed by atoms with E-state index < -0.39 is 18.4 Å². The predicted molar refractivity (Wildman–Crippen MR) is 69.5 cm³/mol. The van der Waals surface area contributed by atoms with Crippen molar-refractivity contribution < 1.29 is 14.7 Å². The predicted octanol–water partition coefficient (Wildman–Crippen LogP) is 1.36. The summed E-state index contributed by atoms with van der Waals surface area (Å²) in [7, 11) is 0. The van der Waals surface area contributed by atoms with Gasteiger partial charge in [-0.3, -0.25) is 14.0 Å². The Morgan fingerprint density at radius 2 is 2.26 bits per heavy atom. The minimum absolute atomic E-state index is 0.343. The molecule has 2 aromatic heterocycles. The zero-order valence-electron chi connectivity index (χ0n) is 10.2. The molecular formula is C12H12ClN3O3. The number of carbonyl (C=O) groups excluding carboxylic acids is 1. The number of pyridine rings is 1. The maximum atomic E-state index is 12.0. The second-order valence-corrected chi connectivity index (χ2v) is 4.35. The van der Waals surface area contributed by atoms with Gasteiger partial charge < -0.3 is 10.4 Å². The van der Waals surface area contributed by atoms with Crippen LogP contribution in [0, 0.1) is 0 Å². The molecule has 0 saturated heterocycles. The van der Waals surface area contributed by atoms with Crippen LogP contribution < -0.4 is 5.32 Å². The van der Waals surface area contributed by atoms with Crippen molar-refractivity contribution >= 4 is 29.1 Å². The molecule has 0 aromatic carbocycles. The summed E-state index contributed by atoms with van der Waals surface area (Å²) in [5, 5.41) is 11.4. The molecule has 0 bridgehead atoms. The van der Waals surface area contributed by atoms with Gasteiger partial charge in [0.15, 0.2) is 0 Å². The van der Waals surface area contributed by atoms with Crippen LogP contribution in [0.3, 0.4) is 0 Å². The van der Waals surface area contributed by atoms with E-state index in [4.69, 9.17) is 16.7 Å². The average molecular weight is 282 g/mol. The maximum Gasteiger partial charge on any atom is 0.322 e. The molecular weight excluding hydrogens is 270 g/mol. The van der Waals surface area contributed by atoms with Crippen molar-refractivity contribution in [2.24, 2.45) is 0 Å². The Kier molecular flexibility index (Phi) is 3.71. The number of nitrogens with zero attached hydrogens (tertiary/aromatic N) is 2. The highest BCUT2D eigenvalue weighted by Gasteiger charge is 2.18. The molecule has 1 amide bonds. The molecule has 6 nitrogen and oxygen atoms in total. The van der Waals surface area contributed by atoms with Crippen LogP contribution in [-0.4, -0.2) is 32.9 Å². The monoisotopic (exact) mass is 281 g/mol. The summed E-state index contributed by atoms with van der Waals surface area (Å²) >= 11 is 5.87. The Morgan fingerprint density at radius 3 is 2.89 bits per heavy atom. The van der Waals surface area contributed by atoms with Gasteiger partial charge in [0.1, 0.15) is 17.9 Å². The van der Waals surface area contributed by atoms with E-state index in [0.29, 0.717) is 28.5 Å². The molecule has 0 spiro atoms. The third-order valence-corrected chi connectivity index (χ3v) is 2.85. The van der Waals surface area contributed by atoms with E-state index in [1.807, 2.05) is 6.92 Å². The van der Waals surface area contributed by atoms with Crippen LogP contribution in [0.25, 0.3) is 5.65 Å². The lowest BCUT2D eigenvalue weighted by Crippen LogP contribution is -2.30. The normalized spacial score (nSPS) is 10.6. The number of amides is 1. The topological polar surface area (TPSA) is 83.7 Å². The molecule has 0 radical (unpaired) electrons. The van der Waals surface area contributed by atoms with Crippen molar-refractivity contribution in [2.75, 3.05) is 6.54 Å². The van der Waals surface area contributed by atoms with Gasteiger partial charge in [-0.2, -0.15) is 0 Å². The highest BCUT2D eigenvalue weighted by atomic mass is 35.5. The fraction of sp³-hybridized carbons (Fsp3) is 0.250. The molecule has 0 aliphatic rings. The summed E-state index contributed by atoms with van der Waals surface area (Å²) < 4.78 is 1.60. The molecule has 0 fully saturated rings. The van der Waals surface area contributed by atoms with Crippen molar-refractivity contribution in [1.82, 2.24) is 14.7 Å². The van der Waals surface area contributed by atoms with Crippen LogP contribution in [0.15, 0.2) is 18.3 Å². The van der Waals surface area contributed by atoms with Crippen LogP contribution in [0.1, 0.15) is 23.1 Å². The molecule has 0 aliphatic carbocycles. The van der Waals surface area contributed by atoms with Gasteiger partial charge in [0.05, 0.1) is 5.69 Å². The number of aliphatic carboxylic acids is 1. The summed E-state index contributed by atoms with van der Waals surface area (Å²) in [6.07, 6.45) is 2.20. The van der Waals surface area contributed by atoms with Crippen LogP contribution in [0.4, 0.5) is 0 Å². The first-order chi connectivity index (χ1) is 9.02. The van der Waals surface area contributed by atoms with Crippen LogP contribution in [0.5, 0.6) is 0 Å². The molecule has 0 atom stereocenters. The maximum absolute atomic E-state index is 12.0. The van der Waals surface area contributed by atoms with E-state index in [1.165, 1.54) is 0 Å². The van der Waals surface area contributed by atoms with E-state index in [2.05, 4.69) is 10.3 Å². The summed E-state index contributed by atoms with van der Waals surface area (Å²) in [5.41, 5.74) is 1.50. The SMILES string of the molecule is CCc1nc2cc(Cl)ccn2c1C(=O)NCC(=O)O. The molecule has 2 N–H and O–H groups in total. The van der Waals surface area contributed by atoms with E-state index in [1.54, 1.807) is 22.7 Å². The number of carboxylic acid groups (broad SMARTS) is 1. The summed E-state index contributed by atoms with van der Waals surface area (Å²) in [6, 6.07) is 3.29. The Labute approximate surface area is 114 Å². The largest absolute Gasteiger partial charge is 0.480 e. The van der Waals surface area contributed by atoms with Gasteiger partial charge in [0.2, 0.25) is 0 Å². The second kappa shape index (κ2) is 5.27. The van der Waals surface area contributed by atoms with Crippen molar-refractivity contribution in [3.05, 3.63) is 34.7 Å². The number of hydrogen-bond donors (Lipinski definition) is 2. The third kappa shape index (κ3) is 2.68. The molecule has 2 aromatic rings. The molecule has 0 saturated carbocycles. The molecule has 0 unspecified atom stereocenters. The average Bonchev–Trinajstić information content (AvgIpc) is 2.73. The highest BCUT2D eigenvalue weighted by molar-refractivity contribution is 6.30. The minimum Gasteiger partial charge on any atom is -0.480 e. The number of nitrogens with one attached hydrogen (secondary N) is 1. The molecule has 7 heteroatoms. The zero-order chi connectivity index (χ0) is 14.0. The van der Waals surface area contributed by atoms with Gasteiger partial charge >= 0.3 is 5.97 Å². The summed E-state index contributed by atoms with van der Waals surface area (Å²) in [6.45, 7) is 1.44. The van der Waals surface area contributed by atoms with Gasteiger partial charge in [-0.15, -0.1) is 0 Å². The number of halogens is 1. The Hall–Kier alpha value is -2.08. The fourth-order valence-electron chi connectivity index (χ4n) is 1.80. The number of rotatable bonds is 4. The Morgan fingerprint density at radius 1 is 1.53 bits per heavy atom. The number of carboxylic acids is 1. The lowest BCUT2D eigenvalue weighted by molar-refractivity contribution is -0.135. The number of carbonyl (C=O) groups is 2. The molecule has 19 heavy (non-hydrogen) atoms. The highest BCUT2D eigenvalue weighted by Crippen LogP contribution is 2.17. The Balaban J connectivity index is 2.45. The van der Waals surface area contributed by atoms with Crippen molar-refractivity contribution in [3.8, 4) is 0 Å². The van der Waals surface area contributed by atoms with Crippen LogP contribution >= 0.6 is 11.6 Å². The Bertz CT molecular complexity index is 651. The quantitative estimate of drug-likeness (QED) is 0.886. The van der Waals surface area contributed by atoms with Crippen molar-refractivity contribution in [1.29, 1.82) is 0 Å². The van der Waals surface area contributed by atoms with Crippen molar-refractivity contribution in [3.63, 3.8) is 0 Å².